The van der Waals surface area contributed by atoms with Crippen LogP contribution in [0.2, 0.25) is 5.02 Å². The largest absolute Gasteiger partial charge is 0.302 e. The molecule has 0 saturated carbocycles. The number of halogens is 3. The number of anilines is 1. The van der Waals surface area contributed by atoms with E-state index in [2.05, 4.69) is 23.7 Å². The van der Waals surface area contributed by atoms with Crippen molar-refractivity contribution in [2.24, 2.45) is 0 Å². The Hall–Kier alpha value is -1.38. The summed E-state index contributed by atoms with van der Waals surface area (Å²) < 4.78 is 14.9. The fourth-order valence-electron chi connectivity index (χ4n) is 3.21. The molecule has 4 nitrogen and oxygen atoms in total. The third-order valence-corrected chi connectivity index (χ3v) is 7.44. The van der Waals surface area contributed by atoms with E-state index in [0.29, 0.717) is 23.6 Å². The second kappa shape index (κ2) is 13.4. The Balaban J connectivity index is 0.00000363. The topological polar surface area (TPSA) is 36.4 Å². The highest BCUT2D eigenvalue weighted by Crippen LogP contribution is 2.31. The predicted octanol–water partition coefficient (Wildman–Crippen LogP) is 6.76. The van der Waals surface area contributed by atoms with E-state index in [4.69, 9.17) is 11.6 Å². The third-order valence-electron chi connectivity index (χ3n) is 5.04. The van der Waals surface area contributed by atoms with Crippen LogP contribution in [0.5, 0.6) is 0 Å². The second-order valence-electron chi connectivity index (χ2n) is 7.06. The first kappa shape index (κ1) is 26.9. The Morgan fingerprint density at radius 1 is 1.12 bits per heavy atom. The minimum absolute atomic E-state index is 0. The standard InChI is InChI=1S/C23H27ClFN3OS2.ClH/c1-3-27(4-2)14-15-28(23-26-22-19(25)7-5-8-20(22)31-23)21(29)9-6-16-30-18-12-10-17(24)11-13-18;/h5,7-8,10-13H,3-4,6,9,14-16H2,1-2H3;1H. The molecule has 0 aliphatic heterocycles. The van der Waals surface area contributed by atoms with Gasteiger partial charge in [0.2, 0.25) is 5.91 Å². The van der Waals surface area contributed by atoms with Crippen LogP contribution in [-0.4, -0.2) is 47.7 Å². The average molecular weight is 517 g/mol. The van der Waals surface area contributed by atoms with Crippen molar-refractivity contribution < 1.29 is 9.18 Å². The molecular formula is C23H28Cl2FN3OS2. The molecule has 9 heteroatoms. The maximum Gasteiger partial charge on any atom is 0.228 e. The number of aromatic nitrogens is 1. The van der Waals surface area contributed by atoms with E-state index >= 15 is 0 Å². The van der Waals surface area contributed by atoms with Gasteiger partial charge < -0.3 is 4.90 Å². The van der Waals surface area contributed by atoms with Crippen LogP contribution >= 0.6 is 47.1 Å². The first-order chi connectivity index (χ1) is 15.0. The number of para-hydroxylation sites is 1. The van der Waals surface area contributed by atoms with Gasteiger partial charge in [0.15, 0.2) is 5.13 Å². The lowest BCUT2D eigenvalue weighted by atomic mass is 10.3. The number of carbonyl (C=O) groups is 1. The Kier molecular flexibility index (Phi) is 11.2. The summed E-state index contributed by atoms with van der Waals surface area (Å²) in [4.78, 5) is 22.7. The number of thiazole rings is 1. The number of hydrogen-bond donors (Lipinski definition) is 0. The zero-order chi connectivity index (χ0) is 22.2. The molecule has 32 heavy (non-hydrogen) atoms. The van der Waals surface area contributed by atoms with Crippen molar-refractivity contribution in [3.05, 3.63) is 53.3 Å². The smallest absolute Gasteiger partial charge is 0.228 e. The van der Waals surface area contributed by atoms with Crippen molar-refractivity contribution in [1.29, 1.82) is 0 Å². The molecule has 0 bridgehead atoms. The number of carbonyl (C=O) groups excluding carboxylic acids is 1. The van der Waals surface area contributed by atoms with Crippen LogP contribution in [-0.2, 0) is 4.79 Å². The molecule has 3 rings (SSSR count). The van der Waals surface area contributed by atoms with Gasteiger partial charge in [-0.15, -0.1) is 24.2 Å². The minimum Gasteiger partial charge on any atom is -0.302 e. The van der Waals surface area contributed by atoms with E-state index in [-0.39, 0.29) is 24.1 Å². The van der Waals surface area contributed by atoms with E-state index in [1.807, 2.05) is 30.3 Å². The SMILES string of the molecule is CCN(CC)CCN(C(=O)CCCSc1ccc(Cl)cc1)c1nc2c(F)cccc2s1.Cl. The van der Waals surface area contributed by atoms with E-state index in [1.165, 1.54) is 17.4 Å². The number of hydrogen-bond acceptors (Lipinski definition) is 5. The van der Waals surface area contributed by atoms with Crippen molar-refractivity contribution >= 4 is 68.4 Å². The van der Waals surface area contributed by atoms with Gasteiger partial charge in [-0.3, -0.25) is 9.69 Å². The first-order valence-electron chi connectivity index (χ1n) is 10.5. The summed E-state index contributed by atoms with van der Waals surface area (Å²) in [7, 11) is 0. The molecule has 1 heterocycles. The van der Waals surface area contributed by atoms with Gasteiger partial charge in [-0.2, -0.15) is 0 Å². The van der Waals surface area contributed by atoms with Crippen LogP contribution in [0.1, 0.15) is 26.7 Å². The molecule has 0 N–H and O–H groups in total. The number of likely N-dealkylation sites (N-methyl/N-ethyl adjacent to an activating group) is 1. The summed E-state index contributed by atoms with van der Waals surface area (Å²) in [6.45, 7) is 7.37. The fraction of sp³-hybridized carbons (Fsp3) is 0.391. The highest BCUT2D eigenvalue weighted by molar-refractivity contribution is 7.99. The normalized spacial score (nSPS) is 11.0. The average Bonchev–Trinajstić information content (AvgIpc) is 3.21. The lowest BCUT2D eigenvalue weighted by Gasteiger charge is -2.24. The highest BCUT2D eigenvalue weighted by Gasteiger charge is 2.21. The molecule has 0 aliphatic rings. The van der Waals surface area contributed by atoms with Gasteiger partial charge >= 0.3 is 0 Å². The van der Waals surface area contributed by atoms with E-state index in [0.717, 1.165) is 46.4 Å². The lowest BCUT2D eigenvalue weighted by Crippen LogP contribution is -2.38. The number of amides is 1. The second-order valence-corrected chi connectivity index (χ2v) is 9.68. The molecule has 0 fully saturated rings. The summed E-state index contributed by atoms with van der Waals surface area (Å²) >= 11 is 9.01. The van der Waals surface area contributed by atoms with Gasteiger partial charge in [0.05, 0.1) is 4.70 Å². The van der Waals surface area contributed by atoms with Crippen molar-refractivity contribution in [3.63, 3.8) is 0 Å². The molecule has 0 aliphatic carbocycles. The number of rotatable bonds is 11. The van der Waals surface area contributed by atoms with Crippen LogP contribution in [0.3, 0.4) is 0 Å². The maximum absolute atomic E-state index is 14.1. The molecule has 0 spiro atoms. The van der Waals surface area contributed by atoms with Crippen LogP contribution in [0.15, 0.2) is 47.4 Å². The molecule has 3 aromatic rings. The Morgan fingerprint density at radius 2 is 1.84 bits per heavy atom. The summed E-state index contributed by atoms with van der Waals surface area (Å²) in [5.74, 6) is 0.518. The number of nitrogens with zero attached hydrogens (tertiary/aromatic N) is 3. The minimum atomic E-state index is -0.351. The van der Waals surface area contributed by atoms with Gasteiger partial charge in [-0.05, 0) is 61.7 Å². The molecule has 2 aromatic carbocycles. The van der Waals surface area contributed by atoms with Crippen LogP contribution < -0.4 is 4.90 Å². The van der Waals surface area contributed by atoms with Crippen molar-refractivity contribution in [3.8, 4) is 0 Å². The van der Waals surface area contributed by atoms with Crippen LogP contribution in [0.25, 0.3) is 10.2 Å². The molecule has 0 atom stereocenters. The predicted molar refractivity (Wildman–Crippen MR) is 138 cm³/mol. The lowest BCUT2D eigenvalue weighted by molar-refractivity contribution is -0.118. The Bertz CT molecular complexity index is 997. The van der Waals surface area contributed by atoms with Crippen LogP contribution in [0.4, 0.5) is 9.52 Å². The van der Waals surface area contributed by atoms with E-state index < -0.39 is 0 Å². The molecule has 0 unspecified atom stereocenters. The quantitative estimate of drug-likeness (QED) is 0.209. The van der Waals surface area contributed by atoms with Crippen molar-refractivity contribution in [2.75, 3.05) is 36.8 Å². The maximum atomic E-state index is 14.1. The third kappa shape index (κ3) is 7.32. The van der Waals surface area contributed by atoms with Gasteiger partial charge in [-0.1, -0.05) is 42.9 Å². The van der Waals surface area contributed by atoms with Gasteiger partial charge in [0.25, 0.3) is 0 Å². The van der Waals surface area contributed by atoms with Gasteiger partial charge in [0.1, 0.15) is 11.3 Å². The fourth-order valence-corrected chi connectivity index (χ4v) is 5.21. The number of fused-ring (bicyclic) bond motifs is 1. The van der Waals surface area contributed by atoms with Gasteiger partial charge in [0, 0.05) is 29.4 Å². The van der Waals surface area contributed by atoms with Gasteiger partial charge in [-0.25, -0.2) is 9.37 Å². The molecule has 1 amide bonds. The summed E-state index contributed by atoms with van der Waals surface area (Å²) in [6.07, 6.45) is 1.18. The van der Waals surface area contributed by atoms with Crippen LogP contribution in [0, 0.1) is 5.82 Å². The highest BCUT2D eigenvalue weighted by atomic mass is 35.5. The molecule has 1 aromatic heterocycles. The first-order valence-corrected chi connectivity index (χ1v) is 12.7. The monoisotopic (exact) mass is 515 g/mol. The molecule has 0 radical (unpaired) electrons. The molecule has 174 valence electrons. The molecule has 0 saturated heterocycles. The van der Waals surface area contributed by atoms with E-state index in [9.17, 15) is 9.18 Å². The zero-order valence-electron chi connectivity index (χ0n) is 18.2. The summed E-state index contributed by atoms with van der Waals surface area (Å²) in [5.41, 5.74) is 0.335. The molecular weight excluding hydrogens is 488 g/mol. The van der Waals surface area contributed by atoms with E-state index in [1.54, 1.807) is 22.7 Å². The Labute approximate surface area is 208 Å². The van der Waals surface area contributed by atoms with Crippen molar-refractivity contribution in [1.82, 2.24) is 9.88 Å². The number of benzene rings is 2. The summed E-state index contributed by atoms with van der Waals surface area (Å²) in [6, 6.07) is 12.6. The summed E-state index contributed by atoms with van der Waals surface area (Å²) in [5, 5.41) is 1.29. The zero-order valence-corrected chi connectivity index (χ0v) is 21.4. The number of thioether (sulfide) groups is 1. The Morgan fingerprint density at radius 3 is 2.50 bits per heavy atom. The van der Waals surface area contributed by atoms with Crippen molar-refractivity contribution in [2.45, 2.75) is 31.6 Å².